The third-order valence-corrected chi connectivity index (χ3v) is 3.14. The summed E-state index contributed by atoms with van der Waals surface area (Å²) >= 11 is 3.22. The molecular formula is C12H9BrF2O3. The van der Waals surface area contributed by atoms with Gasteiger partial charge in [-0.15, -0.1) is 0 Å². The molecule has 0 radical (unpaired) electrons. The Labute approximate surface area is 110 Å². The average Bonchev–Trinajstić information content (AvgIpc) is 2.26. The molecule has 96 valence electrons. The van der Waals surface area contributed by atoms with Crippen molar-refractivity contribution in [3.63, 3.8) is 0 Å². The van der Waals surface area contributed by atoms with Gasteiger partial charge in [0, 0.05) is 5.56 Å². The fourth-order valence-corrected chi connectivity index (χ4v) is 2.48. The molecule has 1 aliphatic rings. The molecule has 3 nitrogen and oxygen atoms in total. The number of hydrogen-bond acceptors (Lipinski definition) is 2. The van der Waals surface area contributed by atoms with Gasteiger partial charge < -0.3 is 9.84 Å². The zero-order valence-corrected chi connectivity index (χ0v) is 10.9. The fourth-order valence-electron chi connectivity index (χ4n) is 1.80. The quantitative estimate of drug-likeness (QED) is 0.910. The molecule has 1 aromatic carbocycles. The van der Waals surface area contributed by atoms with Crippen molar-refractivity contribution in [2.45, 2.75) is 19.5 Å². The van der Waals surface area contributed by atoms with E-state index in [1.54, 1.807) is 12.1 Å². The summed E-state index contributed by atoms with van der Waals surface area (Å²) in [7, 11) is 0. The highest BCUT2D eigenvalue weighted by Crippen LogP contribution is 2.38. The maximum atomic E-state index is 12.8. The van der Waals surface area contributed by atoms with Crippen molar-refractivity contribution < 1.29 is 23.4 Å². The number of fused-ring (bicyclic) bond motifs is 1. The van der Waals surface area contributed by atoms with E-state index in [2.05, 4.69) is 15.9 Å². The van der Waals surface area contributed by atoms with Gasteiger partial charge in [-0.3, -0.25) is 0 Å². The summed E-state index contributed by atoms with van der Waals surface area (Å²) in [6.07, 6.45) is -3.40. The van der Waals surface area contributed by atoms with Gasteiger partial charge in [0.05, 0.1) is 10.0 Å². The maximum absolute atomic E-state index is 12.8. The zero-order valence-electron chi connectivity index (χ0n) is 9.28. The predicted octanol–water partition coefficient (Wildman–Crippen LogP) is 3.25. The molecule has 0 spiro atoms. The second-order valence-electron chi connectivity index (χ2n) is 3.94. The lowest BCUT2D eigenvalue weighted by Crippen LogP contribution is -2.33. The minimum Gasteiger partial charge on any atom is -0.478 e. The molecule has 2 rings (SSSR count). The maximum Gasteiger partial charge on any atom is 0.335 e. The van der Waals surface area contributed by atoms with Gasteiger partial charge >= 0.3 is 5.97 Å². The van der Waals surface area contributed by atoms with Gasteiger partial charge in [0.25, 0.3) is 6.43 Å². The number of carboxylic acid groups (broad SMARTS) is 1. The first-order valence-electron chi connectivity index (χ1n) is 5.10. The van der Waals surface area contributed by atoms with E-state index in [9.17, 15) is 13.6 Å². The molecule has 1 N–H and O–H groups in total. The number of benzene rings is 1. The Kier molecular flexibility index (Phi) is 3.38. The Balaban J connectivity index is 2.58. The monoisotopic (exact) mass is 318 g/mol. The summed E-state index contributed by atoms with van der Waals surface area (Å²) in [4.78, 5) is 11.0. The van der Waals surface area contributed by atoms with E-state index in [0.717, 1.165) is 5.56 Å². The van der Waals surface area contributed by atoms with Gasteiger partial charge in [-0.25, -0.2) is 13.6 Å². The van der Waals surface area contributed by atoms with E-state index in [1.807, 2.05) is 6.92 Å². The summed E-state index contributed by atoms with van der Waals surface area (Å²) in [6, 6.07) is 3.41. The smallest absolute Gasteiger partial charge is 0.335 e. The molecule has 0 aliphatic carbocycles. The highest BCUT2D eigenvalue weighted by molar-refractivity contribution is 9.10. The molecule has 0 amide bonds. The Hall–Kier alpha value is -1.43. The van der Waals surface area contributed by atoms with Gasteiger partial charge in [-0.05, 0) is 46.6 Å². The van der Waals surface area contributed by atoms with Crippen molar-refractivity contribution in [1.82, 2.24) is 0 Å². The molecule has 1 aromatic rings. The van der Waals surface area contributed by atoms with E-state index in [0.29, 0.717) is 10.0 Å². The average molecular weight is 319 g/mol. The van der Waals surface area contributed by atoms with Crippen molar-refractivity contribution in [1.29, 1.82) is 0 Å². The Morgan fingerprint density at radius 1 is 1.50 bits per heavy atom. The SMILES string of the molecule is Cc1cc(Br)c2c(c1)C=C(C(=O)O)C(C(F)F)O2. The zero-order chi connectivity index (χ0) is 13.4. The van der Waals surface area contributed by atoms with Gasteiger partial charge in [0.2, 0.25) is 0 Å². The summed E-state index contributed by atoms with van der Waals surface area (Å²) in [5, 5.41) is 8.93. The van der Waals surface area contributed by atoms with Gasteiger partial charge in [-0.2, -0.15) is 0 Å². The van der Waals surface area contributed by atoms with Crippen molar-refractivity contribution in [3.8, 4) is 5.75 Å². The molecule has 0 aromatic heterocycles. The molecule has 6 heteroatoms. The number of aryl methyl sites for hydroxylation is 1. The molecule has 1 heterocycles. The van der Waals surface area contributed by atoms with Crippen molar-refractivity contribution in [2.24, 2.45) is 0 Å². The van der Waals surface area contributed by atoms with Crippen LogP contribution in [0.4, 0.5) is 8.78 Å². The van der Waals surface area contributed by atoms with Crippen LogP contribution in [0.25, 0.3) is 6.08 Å². The van der Waals surface area contributed by atoms with Gasteiger partial charge in [-0.1, -0.05) is 0 Å². The second-order valence-corrected chi connectivity index (χ2v) is 4.80. The minimum absolute atomic E-state index is 0.246. The molecular weight excluding hydrogens is 310 g/mol. The number of rotatable bonds is 2. The Bertz CT molecular complexity index is 540. The number of ether oxygens (including phenoxy) is 1. The first kappa shape index (κ1) is 13.0. The van der Waals surface area contributed by atoms with Crippen LogP contribution < -0.4 is 4.74 Å². The first-order valence-corrected chi connectivity index (χ1v) is 5.89. The molecule has 0 bridgehead atoms. The number of carbonyl (C=O) groups is 1. The Morgan fingerprint density at radius 3 is 2.72 bits per heavy atom. The molecule has 0 saturated carbocycles. The molecule has 1 unspecified atom stereocenters. The third kappa shape index (κ3) is 2.25. The predicted molar refractivity (Wildman–Crippen MR) is 64.9 cm³/mol. The van der Waals surface area contributed by atoms with Crippen molar-refractivity contribution in [2.75, 3.05) is 0 Å². The highest BCUT2D eigenvalue weighted by Gasteiger charge is 2.35. The van der Waals surface area contributed by atoms with Crippen LogP contribution in [-0.4, -0.2) is 23.6 Å². The fraction of sp³-hybridized carbons (Fsp3) is 0.250. The van der Waals surface area contributed by atoms with E-state index < -0.39 is 24.1 Å². The van der Waals surface area contributed by atoms with E-state index in [4.69, 9.17) is 9.84 Å². The molecule has 0 saturated heterocycles. The largest absolute Gasteiger partial charge is 0.478 e. The van der Waals surface area contributed by atoms with Crippen LogP contribution in [0.3, 0.4) is 0 Å². The standard InChI is InChI=1S/C12H9BrF2O3/c1-5-2-6-4-7(12(16)17)10(11(14)15)18-9(6)8(13)3-5/h2-4,10-11H,1H3,(H,16,17). The topological polar surface area (TPSA) is 46.5 Å². The lowest BCUT2D eigenvalue weighted by molar-refractivity contribution is -0.134. The minimum atomic E-state index is -2.89. The number of halogens is 3. The van der Waals surface area contributed by atoms with Crippen LogP contribution in [0, 0.1) is 6.92 Å². The molecule has 1 aliphatic heterocycles. The molecule has 18 heavy (non-hydrogen) atoms. The number of carboxylic acids is 1. The van der Waals surface area contributed by atoms with E-state index in [1.165, 1.54) is 6.08 Å². The normalized spacial score (nSPS) is 18.1. The molecule has 0 fully saturated rings. The number of hydrogen-bond donors (Lipinski definition) is 1. The second kappa shape index (κ2) is 4.68. The number of aliphatic carboxylic acids is 1. The van der Waals surface area contributed by atoms with Crippen LogP contribution >= 0.6 is 15.9 Å². The first-order chi connectivity index (χ1) is 8.40. The van der Waals surface area contributed by atoms with Crippen LogP contribution in [0.2, 0.25) is 0 Å². The van der Waals surface area contributed by atoms with Crippen LogP contribution in [0.1, 0.15) is 11.1 Å². The van der Waals surface area contributed by atoms with Crippen molar-refractivity contribution in [3.05, 3.63) is 33.3 Å². The summed E-state index contributed by atoms with van der Waals surface area (Å²) in [5.41, 5.74) is 0.923. The third-order valence-electron chi connectivity index (χ3n) is 2.55. The van der Waals surface area contributed by atoms with Crippen LogP contribution in [0.5, 0.6) is 5.75 Å². The summed E-state index contributed by atoms with van der Waals surface area (Å²) in [6.45, 7) is 1.82. The summed E-state index contributed by atoms with van der Waals surface area (Å²) < 4.78 is 31.2. The van der Waals surface area contributed by atoms with Gasteiger partial charge in [0.15, 0.2) is 6.10 Å². The van der Waals surface area contributed by atoms with Crippen LogP contribution in [0.15, 0.2) is 22.2 Å². The van der Waals surface area contributed by atoms with E-state index >= 15 is 0 Å². The van der Waals surface area contributed by atoms with Crippen LogP contribution in [-0.2, 0) is 4.79 Å². The Morgan fingerprint density at radius 2 is 2.17 bits per heavy atom. The molecule has 1 atom stereocenters. The summed E-state index contributed by atoms with van der Waals surface area (Å²) in [5.74, 6) is -1.15. The van der Waals surface area contributed by atoms with Crippen molar-refractivity contribution >= 4 is 28.0 Å². The van der Waals surface area contributed by atoms with Gasteiger partial charge in [0.1, 0.15) is 5.75 Å². The number of alkyl halides is 2. The lowest BCUT2D eigenvalue weighted by atomic mass is 10.0. The van der Waals surface area contributed by atoms with E-state index in [-0.39, 0.29) is 5.75 Å². The lowest BCUT2D eigenvalue weighted by Gasteiger charge is -2.25. The highest BCUT2D eigenvalue weighted by atomic mass is 79.9.